The molecule has 2 aromatic carbocycles. The summed E-state index contributed by atoms with van der Waals surface area (Å²) in [5.74, 6) is -0.0167. The molecule has 0 amide bonds. The van der Waals surface area contributed by atoms with Gasteiger partial charge in [-0.1, -0.05) is 23.4 Å². The number of anilines is 2. The highest BCUT2D eigenvalue weighted by Crippen LogP contribution is 2.19. The largest absolute Gasteiger partial charge is 0.392 e. The van der Waals surface area contributed by atoms with Crippen molar-refractivity contribution in [3.63, 3.8) is 0 Å². The molecular formula is C17H13FN6O. The highest BCUT2D eigenvalue weighted by molar-refractivity contribution is 5.72. The fourth-order valence-electron chi connectivity index (χ4n) is 2.45. The first kappa shape index (κ1) is 15.2. The summed E-state index contributed by atoms with van der Waals surface area (Å²) in [5, 5.41) is 20.3. The van der Waals surface area contributed by atoms with E-state index in [2.05, 4.69) is 25.6 Å². The van der Waals surface area contributed by atoms with E-state index in [-0.39, 0.29) is 12.4 Å². The monoisotopic (exact) mass is 336 g/mol. The van der Waals surface area contributed by atoms with Crippen LogP contribution >= 0.6 is 0 Å². The smallest absolute Gasteiger partial charge is 0.229 e. The van der Waals surface area contributed by atoms with Gasteiger partial charge in [0.25, 0.3) is 0 Å². The van der Waals surface area contributed by atoms with Gasteiger partial charge in [-0.15, -0.1) is 5.10 Å². The first-order valence-electron chi connectivity index (χ1n) is 7.54. The third-order valence-corrected chi connectivity index (χ3v) is 3.61. The molecule has 0 atom stereocenters. The molecular weight excluding hydrogens is 323 g/mol. The second kappa shape index (κ2) is 6.25. The van der Waals surface area contributed by atoms with Crippen molar-refractivity contribution in [3.05, 3.63) is 66.1 Å². The average molecular weight is 336 g/mol. The number of nitrogens with zero attached hydrogens (tertiary/aromatic N) is 5. The quantitative estimate of drug-likeness (QED) is 0.595. The van der Waals surface area contributed by atoms with Gasteiger partial charge in [-0.2, -0.15) is 9.67 Å². The highest BCUT2D eigenvalue weighted by Gasteiger charge is 2.11. The van der Waals surface area contributed by atoms with E-state index in [1.54, 1.807) is 24.4 Å². The summed E-state index contributed by atoms with van der Waals surface area (Å²) in [6.45, 7) is -0.0499. The van der Waals surface area contributed by atoms with Crippen molar-refractivity contribution in [1.82, 2.24) is 25.0 Å². The van der Waals surface area contributed by atoms with Crippen LogP contribution in [0.25, 0.3) is 16.9 Å². The van der Waals surface area contributed by atoms with E-state index >= 15 is 0 Å². The summed E-state index contributed by atoms with van der Waals surface area (Å²) >= 11 is 0. The normalized spacial score (nSPS) is 11.0. The second-order valence-electron chi connectivity index (χ2n) is 5.37. The Balaban J connectivity index is 1.73. The molecule has 2 heterocycles. The summed E-state index contributed by atoms with van der Waals surface area (Å²) in [5.41, 5.74) is 3.00. The number of fused-ring (bicyclic) bond motifs is 1. The third kappa shape index (κ3) is 3.02. The Labute approximate surface area is 141 Å². The van der Waals surface area contributed by atoms with Gasteiger partial charge < -0.3 is 10.4 Å². The molecule has 0 unspecified atom stereocenters. The molecule has 2 aromatic heterocycles. The van der Waals surface area contributed by atoms with Crippen LogP contribution in [0.3, 0.4) is 0 Å². The number of hydrogen-bond acceptors (Lipinski definition) is 6. The first-order valence-corrected chi connectivity index (χ1v) is 7.54. The fourth-order valence-corrected chi connectivity index (χ4v) is 2.45. The van der Waals surface area contributed by atoms with Gasteiger partial charge in [0.1, 0.15) is 5.82 Å². The number of aromatic nitrogens is 5. The Kier molecular flexibility index (Phi) is 3.79. The van der Waals surface area contributed by atoms with Crippen LogP contribution in [0.2, 0.25) is 0 Å². The van der Waals surface area contributed by atoms with Gasteiger partial charge >= 0.3 is 0 Å². The van der Waals surface area contributed by atoms with Crippen molar-refractivity contribution in [2.75, 3.05) is 5.32 Å². The van der Waals surface area contributed by atoms with Crippen molar-refractivity contribution < 1.29 is 9.50 Å². The maximum absolute atomic E-state index is 13.5. The molecule has 0 aliphatic rings. The predicted molar refractivity (Wildman–Crippen MR) is 90.1 cm³/mol. The molecule has 0 fully saturated rings. The molecule has 4 rings (SSSR count). The molecule has 25 heavy (non-hydrogen) atoms. The van der Waals surface area contributed by atoms with Crippen molar-refractivity contribution in [1.29, 1.82) is 0 Å². The molecule has 0 bridgehead atoms. The molecule has 0 aliphatic carbocycles. The molecule has 8 heteroatoms. The molecule has 0 spiro atoms. The summed E-state index contributed by atoms with van der Waals surface area (Å²) in [6, 6.07) is 13.3. The minimum absolute atomic E-state index is 0.0499. The van der Waals surface area contributed by atoms with E-state index in [4.69, 9.17) is 0 Å². The minimum Gasteiger partial charge on any atom is -0.392 e. The Hall–Kier alpha value is -3.39. The zero-order valence-corrected chi connectivity index (χ0v) is 13.0. The topological polar surface area (TPSA) is 88.8 Å². The molecule has 0 aliphatic heterocycles. The van der Waals surface area contributed by atoms with E-state index in [0.29, 0.717) is 22.8 Å². The number of rotatable bonds is 4. The Bertz CT molecular complexity index is 1050. The fraction of sp³-hybridized carbons (Fsp3) is 0.0588. The third-order valence-electron chi connectivity index (χ3n) is 3.61. The molecule has 124 valence electrons. The maximum Gasteiger partial charge on any atom is 0.229 e. The van der Waals surface area contributed by atoms with Crippen LogP contribution in [0.15, 0.2) is 54.7 Å². The van der Waals surface area contributed by atoms with Crippen LogP contribution in [0.5, 0.6) is 0 Å². The number of aliphatic hydroxyl groups excluding tert-OH is 1. The van der Waals surface area contributed by atoms with Gasteiger partial charge in [-0.3, -0.25) is 0 Å². The second-order valence-corrected chi connectivity index (χ2v) is 5.37. The zero-order valence-electron chi connectivity index (χ0n) is 13.0. The first-order chi connectivity index (χ1) is 12.2. The Morgan fingerprint density at radius 3 is 2.84 bits per heavy atom. The number of aliphatic hydroxyl groups is 1. The molecule has 0 saturated heterocycles. The highest BCUT2D eigenvalue weighted by atomic mass is 19.1. The molecule has 7 nitrogen and oxygen atoms in total. The van der Waals surface area contributed by atoms with E-state index in [1.807, 2.05) is 18.2 Å². The van der Waals surface area contributed by atoms with Crippen molar-refractivity contribution in [3.8, 4) is 5.69 Å². The minimum atomic E-state index is -0.366. The van der Waals surface area contributed by atoms with Crippen molar-refractivity contribution >= 4 is 22.8 Å². The van der Waals surface area contributed by atoms with Gasteiger partial charge in [0.15, 0.2) is 11.2 Å². The molecule has 0 radical (unpaired) electrons. The van der Waals surface area contributed by atoms with Crippen LogP contribution in [0.1, 0.15) is 5.56 Å². The molecule has 0 saturated carbocycles. The standard InChI is InChI=1S/C17H13FN6O/c18-12-4-2-6-14(8-12)24-16-15(22-23-24)9-19-17(21-16)20-13-5-1-3-11(7-13)10-25/h1-9,25H,10H2,(H,19,20,21). The van der Waals surface area contributed by atoms with Gasteiger partial charge in [-0.05, 0) is 35.9 Å². The van der Waals surface area contributed by atoms with Gasteiger partial charge in [0.05, 0.1) is 18.5 Å². The van der Waals surface area contributed by atoms with Gasteiger partial charge in [0, 0.05) is 5.69 Å². The summed E-state index contributed by atoms with van der Waals surface area (Å²) < 4.78 is 14.9. The average Bonchev–Trinajstić information content (AvgIpc) is 3.05. The number of hydrogen-bond donors (Lipinski definition) is 2. The van der Waals surface area contributed by atoms with E-state index in [0.717, 1.165) is 11.3 Å². The van der Waals surface area contributed by atoms with Crippen LogP contribution in [0.4, 0.5) is 16.0 Å². The van der Waals surface area contributed by atoms with Crippen LogP contribution in [0, 0.1) is 5.82 Å². The summed E-state index contributed by atoms with van der Waals surface area (Å²) in [4.78, 5) is 8.63. The Morgan fingerprint density at radius 1 is 1.12 bits per heavy atom. The van der Waals surface area contributed by atoms with Crippen LogP contribution in [-0.2, 0) is 6.61 Å². The lowest BCUT2D eigenvalue weighted by atomic mass is 10.2. The van der Waals surface area contributed by atoms with E-state index in [9.17, 15) is 9.50 Å². The van der Waals surface area contributed by atoms with E-state index < -0.39 is 0 Å². The van der Waals surface area contributed by atoms with Gasteiger partial charge in [-0.25, -0.2) is 9.37 Å². The lowest BCUT2D eigenvalue weighted by Crippen LogP contribution is -2.02. The summed E-state index contributed by atoms with van der Waals surface area (Å²) in [7, 11) is 0. The SMILES string of the molecule is OCc1cccc(Nc2ncc3nnn(-c4cccc(F)c4)c3n2)c1. The predicted octanol–water partition coefficient (Wildman–Crippen LogP) is 2.59. The van der Waals surface area contributed by atoms with Crippen LogP contribution < -0.4 is 5.32 Å². The number of halogens is 1. The van der Waals surface area contributed by atoms with Crippen molar-refractivity contribution in [2.24, 2.45) is 0 Å². The van der Waals surface area contributed by atoms with E-state index in [1.165, 1.54) is 16.8 Å². The van der Waals surface area contributed by atoms with Gasteiger partial charge in [0.2, 0.25) is 5.95 Å². The molecule has 4 aromatic rings. The van der Waals surface area contributed by atoms with Crippen molar-refractivity contribution in [2.45, 2.75) is 6.61 Å². The Morgan fingerprint density at radius 2 is 2.00 bits per heavy atom. The maximum atomic E-state index is 13.5. The lowest BCUT2D eigenvalue weighted by Gasteiger charge is -2.06. The number of nitrogens with one attached hydrogen (secondary N) is 1. The van der Waals surface area contributed by atoms with Crippen LogP contribution in [-0.4, -0.2) is 30.1 Å². The molecule has 2 N–H and O–H groups in total. The zero-order chi connectivity index (χ0) is 17.2. The number of benzene rings is 2. The summed E-state index contributed by atoms with van der Waals surface area (Å²) in [6.07, 6.45) is 1.54. The lowest BCUT2D eigenvalue weighted by molar-refractivity contribution is 0.282.